The van der Waals surface area contributed by atoms with Crippen LogP contribution in [0.3, 0.4) is 0 Å². The summed E-state index contributed by atoms with van der Waals surface area (Å²) in [5.41, 5.74) is 0.416. The molecule has 1 aliphatic rings. The highest BCUT2D eigenvalue weighted by Gasteiger charge is 2.17. The van der Waals surface area contributed by atoms with Crippen LogP contribution in [0, 0.1) is 6.92 Å². The van der Waals surface area contributed by atoms with Gasteiger partial charge < -0.3 is 15.0 Å². The molecule has 110 valence electrons. The first-order valence-corrected chi connectivity index (χ1v) is 6.73. The molecule has 0 atom stereocenters. The van der Waals surface area contributed by atoms with Crippen molar-refractivity contribution in [1.29, 1.82) is 0 Å². The van der Waals surface area contributed by atoms with Crippen molar-refractivity contribution in [3.05, 3.63) is 22.1 Å². The Morgan fingerprint density at radius 2 is 2.15 bits per heavy atom. The smallest absolute Gasteiger partial charge is 0.299 e. The summed E-state index contributed by atoms with van der Waals surface area (Å²) in [6, 6.07) is 1.70. The lowest BCUT2D eigenvalue weighted by Crippen LogP contribution is -2.46. The van der Waals surface area contributed by atoms with Crippen molar-refractivity contribution in [1.82, 2.24) is 19.8 Å². The van der Waals surface area contributed by atoms with E-state index in [-0.39, 0.29) is 30.4 Å². The Balaban J connectivity index is 2.03. The Bertz CT molecular complexity index is 535. The number of hydrogen-bond donors (Lipinski definition) is 1. The fourth-order valence-corrected chi connectivity index (χ4v) is 2.24. The summed E-state index contributed by atoms with van der Waals surface area (Å²) in [6.07, 6.45) is 0.279. The van der Waals surface area contributed by atoms with Gasteiger partial charge in [0, 0.05) is 50.9 Å². The van der Waals surface area contributed by atoms with E-state index in [1.54, 1.807) is 6.92 Å². The minimum Gasteiger partial charge on any atom is -0.468 e. The number of hydrogen-bond acceptors (Lipinski definition) is 5. The van der Waals surface area contributed by atoms with Crippen molar-refractivity contribution in [2.24, 2.45) is 0 Å². The fraction of sp³-hybridized carbons (Fsp3) is 0.615. The molecule has 0 unspecified atom stereocenters. The standard InChI is InChI=1S/C13H20N4O3/c1-10-9-12(19)17(13(15-10)20-2)6-3-11(18)16-7-4-14-5-8-16/h9,14H,3-8H2,1-2H3. The number of carbonyl (C=O) groups is 1. The van der Waals surface area contributed by atoms with Gasteiger partial charge in [0.05, 0.1) is 7.11 Å². The third-order valence-corrected chi connectivity index (χ3v) is 3.30. The maximum Gasteiger partial charge on any atom is 0.299 e. The van der Waals surface area contributed by atoms with Crippen LogP contribution < -0.4 is 15.6 Å². The molecule has 1 aromatic heterocycles. The summed E-state index contributed by atoms with van der Waals surface area (Å²) in [7, 11) is 1.47. The normalized spacial score (nSPS) is 15.2. The van der Waals surface area contributed by atoms with Gasteiger partial charge in [-0.25, -0.2) is 4.98 Å². The van der Waals surface area contributed by atoms with E-state index in [2.05, 4.69) is 10.3 Å². The number of carbonyl (C=O) groups excluding carboxylic acids is 1. The summed E-state index contributed by atoms with van der Waals surface area (Å²) in [5.74, 6) is 0.0565. The van der Waals surface area contributed by atoms with E-state index in [1.165, 1.54) is 17.7 Å². The first kappa shape index (κ1) is 14.5. The van der Waals surface area contributed by atoms with Gasteiger partial charge in [-0.3, -0.25) is 14.2 Å². The van der Waals surface area contributed by atoms with Crippen molar-refractivity contribution in [3.8, 4) is 6.01 Å². The van der Waals surface area contributed by atoms with Crippen LogP contribution >= 0.6 is 0 Å². The van der Waals surface area contributed by atoms with E-state index in [9.17, 15) is 9.59 Å². The molecule has 2 heterocycles. The van der Waals surface area contributed by atoms with Crippen LogP contribution in [-0.4, -0.2) is 53.6 Å². The zero-order valence-electron chi connectivity index (χ0n) is 11.9. The minimum atomic E-state index is -0.192. The van der Waals surface area contributed by atoms with Crippen LogP contribution in [0.2, 0.25) is 0 Å². The molecule has 7 nitrogen and oxygen atoms in total. The van der Waals surface area contributed by atoms with Gasteiger partial charge in [-0.2, -0.15) is 0 Å². The molecule has 1 aromatic rings. The maximum atomic E-state index is 12.1. The summed E-state index contributed by atoms with van der Waals surface area (Å²) >= 11 is 0. The summed E-state index contributed by atoms with van der Waals surface area (Å²) in [4.78, 5) is 30.0. The SMILES string of the molecule is COc1nc(C)cc(=O)n1CCC(=O)N1CCNCC1. The Hall–Kier alpha value is -1.89. The van der Waals surface area contributed by atoms with Crippen LogP contribution in [0.25, 0.3) is 0 Å². The zero-order chi connectivity index (χ0) is 14.5. The number of aryl methyl sites for hydroxylation is 1. The quantitative estimate of drug-likeness (QED) is 0.795. The van der Waals surface area contributed by atoms with E-state index in [0.717, 1.165) is 26.2 Å². The summed E-state index contributed by atoms with van der Waals surface area (Å²) < 4.78 is 6.50. The minimum absolute atomic E-state index is 0.0565. The van der Waals surface area contributed by atoms with Crippen molar-refractivity contribution in [3.63, 3.8) is 0 Å². The molecule has 1 amide bonds. The number of nitrogens with one attached hydrogen (secondary N) is 1. The Labute approximate surface area is 117 Å². The van der Waals surface area contributed by atoms with Crippen LogP contribution in [-0.2, 0) is 11.3 Å². The molecule has 2 rings (SSSR count). The lowest BCUT2D eigenvalue weighted by Gasteiger charge is -2.27. The Morgan fingerprint density at radius 1 is 1.45 bits per heavy atom. The Morgan fingerprint density at radius 3 is 2.80 bits per heavy atom. The number of nitrogens with zero attached hydrogens (tertiary/aromatic N) is 3. The number of methoxy groups -OCH3 is 1. The highest BCUT2D eigenvalue weighted by Crippen LogP contribution is 2.06. The molecule has 0 aromatic carbocycles. The van der Waals surface area contributed by atoms with Crippen molar-refractivity contribution in [2.45, 2.75) is 19.9 Å². The molecule has 0 spiro atoms. The van der Waals surface area contributed by atoms with Gasteiger partial charge in [0.25, 0.3) is 11.6 Å². The van der Waals surface area contributed by atoms with Gasteiger partial charge in [-0.05, 0) is 6.92 Å². The molecular weight excluding hydrogens is 260 g/mol. The van der Waals surface area contributed by atoms with Gasteiger partial charge in [0.2, 0.25) is 5.91 Å². The molecule has 0 bridgehead atoms. The molecule has 0 saturated carbocycles. The van der Waals surface area contributed by atoms with Crippen LogP contribution in [0.15, 0.2) is 10.9 Å². The first-order chi connectivity index (χ1) is 9.61. The first-order valence-electron chi connectivity index (χ1n) is 6.73. The monoisotopic (exact) mass is 280 g/mol. The fourth-order valence-electron chi connectivity index (χ4n) is 2.24. The highest BCUT2D eigenvalue weighted by molar-refractivity contribution is 5.76. The molecule has 1 fully saturated rings. The number of ether oxygens (including phenoxy) is 1. The van der Waals surface area contributed by atoms with Gasteiger partial charge in [-0.1, -0.05) is 0 Å². The molecule has 20 heavy (non-hydrogen) atoms. The number of piperazine rings is 1. The predicted octanol–water partition coefficient (Wildman–Crippen LogP) is -0.618. The molecule has 1 aliphatic heterocycles. The number of aromatic nitrogens is 2. The third-order valence-electron chi connectivity index (χ3n) is 3.30. The van der Waals surface area contributed by atoms with Crippen molar-refractivity contribution in [2.75, 3.05) is 33.3 Å². The third kappa shape index (κ3) is 3.36. The highest BCUT2D eigenvalue weighted by atomic mass is 16.5. The van der Waals surface area contributed by atoms with E-state index < -0.39 is 0 Å². The number of rotatable bonds is 4. The largest absolute Gasteiger partial charge is 0.468 e. The van der Waals surface area contributed by atoms with E-state index in [4.69, 9.17) is 4.74 Å². The molecule has 7 heteroatoms. The van der Waals surface area contributed by atoms with E-state index in [1.807, 2.05) is 4.90 Å². The molecule has 0 radical (unpaired) electrons. The van der Waals surface area contributed by atoms with E-state index in [0.29, 0.717) is 5.69 Å². The average Bonchev–Trinajstić information content (AvgIpc) is 2.46. The average molecular weight is 280 g/mol. The van der Waals surface area contributed by atoms with E-state index >= 15 is 0 Å². The zero-order valence-corrected chi connectivity index (χ0v) is 11.9. The van der Waals surface area contributed by atoms with Gasteiger partial charge >= 0.3 is 0 Å². The second-order valence-corrected chi connectivity index (χ2v) is 4.75. The summed E-state index contributed by atoms with van der Waals surface area (Å²) in [6.45, 7) is 5.11. The second-order valence-electron chi connectivity index (χ2n) is 4.75. The van der Waals surface area contributed by atoms with Gasteiger partial charge in [0.1, 0.15) is 0 Å². The van der Waals surface area contributed by atoms with Crippen molar-refractivity contribution < 1.29 is 9.53 Å². The van der Waals surface area contributed by atoms with Crippen molar-refractivity contribution >= 4 is 5.91 Å². The van der Waals surface area contributed by atoms with Gasteiger partial charge in [0.15, 0.2) is 0 Å². The lowest BCUT2D eigenvalue weighted by atomic mass is 10.3. The predicted molar refractivity (Wildman–Crippen MR) is 73.9 cm³/mol. The van der Waals surface area contributed by atoms with Crippen LogP contribution in [0.4, 0.5) is 0 Å². The Kier molecular flexibility index (Phi) is 4.73. The molecule has 1 saturated heterocycles. The second kappa shape index (κ2) is 6.51. The maximum absolute atomic E-state index is 12.1. The number of amides is 1. The van der Waals surface area contributed by atoms with Gasteiger partial charge in [-0.15, -0.1) is 0 Å². The van der Waals surface area contributed by atoms with Crippen LogP contribution in [0.5, 0.6) is 6.01 Å². The molecule has 0 aliphatic carbocycles. The van der Waals surface area contributed by atoms with Crippen LogP contribution in [0.1, 0.15) is 12.1 Å². The summed E-state index contributed by atoms with van der Waals surface area (Å²) in [5, 5.41) is 3.20. The lowest BCUT2D eigenvalue weighted by molar-refractivity contribution is -0.132. The topological polar surface area (TPSA) is 76.5 Å². The molecule has 1 N–H and O–H groups in total. The molecular formula is C13H20N4O3.